The van der Waals surface area contributed by atoms with Gasteiger partial charge >= 0.3 is 0 Å². The first-order valence-corrected chi connectivity index (χ1v) is 2.90. The van der Waals surface area contributed by atoms with Gasteiger partial charge < -0.3 is 16.2 Å². The largest absolute Gasteiger partial charge is 0.392 e. The Hall–Kier alpha value is -0.120. The fourth-order valence-electron chi connectivity index (χ4n) is 0.394. The smallest absolute Gasteiger partial charge is 0.0662 e. The van der Waals surface area contributed by atoms with Crippen LogP contribution in [0.1, 0.15) is 13.3 Å². The lowest BCUT2D eigenvalue weighted by Gasteiger charge is -2.05. The molecule has 0 aliphatic carbocycles. The van der Waals surface area contributed by atoms with Crippen molar-refractivity contribution < 1.29 is 5.11 Å². The summed E-state index contributed by atoms with van der Waals surface area (Å²) >= 11 is 0. The summed E-state index contributed by atoms with van der Waals surface area (Å²) < 4.78 is 0. The Kier molecular flexibility index (Phi) is 4.95. The van der Waals surface area contributed by atoms with Crippen LogP contribution >= 0.6 is 0 Å². The summed E-state index contributed by atoms with van der Waals surface area (Å²) in [4.78, 5) is 0. The van der Waals surface area contributed by atoms with Crippen molar-refractivity contribution in [2.24, 2.45) is 5.73 Å². The highest BCUT2D eigenvalue weighted by atomic mass is 16.3. The third kappa shape index (κ3) is 4.05. The Morgan fingerprint density at radius 3 is 2.75 bits per heavy atom. The molecule has 0 fully saturated rings. The first-order valence-electron chi connectivity index (χ1n) is 2.90. The highest BCUT2D eigenvalue weighted by molar-refractivity contribution is 4.53. The molecule has 0 spiro atoms. The molecule has 0 aromatic heterocycles. The fraction of sp³-hybridized carbons (Fsp3) is 1.00. The molecular formula is C5H14N2O. The highest BCUT2D eigenvalue weighted by Gasteiger charge is 1.95. The van der Waals surface area contributed by atoms with E-state index in [4.69, 9.17) is 10.8 Å². The van der Waals surface area contributed by atoms with Crippen molar-refractivity contribution in [2.45, 2.75) is 19.4 Å². The van der Waals surface area contributed by atoms with E-state index in [0.29, 0.717) is 13.2 Å². The topological polar surface area (TPSA) is 58.3 Å². The molecule has 3 heteroatoms. The summed E-state index contributed by atoms with van der Waals surface area (Å²) in [6.45, 7) is 2.98. The number of aliphatic hydroxyl groups is 1. The van der Waals surface area contributed by atoms with Crippen molar-refractivity contribution in [2.75, 3.05) is 13.2 Å². The Morgan fingerprint density at radius 2 is 2.38 bits per heavy atom. The van der Waals surface area contributed by atoms with E-state index in [1.807, 2.05) is 6.92 Å². The van der Waals surface area contributed by atoms with E-state index in [0.717, 1.165) is 6.42 Å². The van der Waals surface area contributed by atoms with Crippen LogP contribution in [-0.4, -0.2) is 24.4 Å². The number of rotatable bonds is 4. The molecule has 4 N–H and O–H groups in total. The minimum atomic E-state index is -0.237. The lowest BCUT2D eigenvalue weighted by atomic mass is 10.3. The van der Waals surface area contributed by atoms with Gasteiger partial charge in [0.2, 0.25) is 0 Å². The van der Waals surface area contributed by atoms with Crippen LogP contribution in [0.15, 0.2) is 0 Å². The van der Waals surface area contributed by atoms with Gasteiger partial charge in [-0.1, -0.05) is 6.92 Å². The summed E-state index contributed by atoms with van der Waals surface area (Å²) in [5.74, 6) is 0. The molecule has 0 bridgehead atoms. The first kappa shape index (κ1) is 7.88. The van der Waals surface area contributed by atoms with Gasteiger partial charge in [0.25, 0.3) is 0 Å². The van der Waals surface area contributed by atoms with Gasteiger partial charge in [-0.15, -0.1) is 0 Å². The van der Waals surface area contributed by atoms with Crippen molar-refractivity contribution in [3.05, 3.63) is 0 Å². The summed E-state index contributed by atoms with van der Waals surface area (Å²) in [6.07, 6.45) is 0.547. The van der Waals surface area contributed by atoms with Crippen LogP contribution in [0.4, 0.5) is 0 Å². The quantitative estimate of drug-likeness (QED) is 0.426. The van der Waals surface area contributed by atoms with E-state index in [9.17, 15) is 0 Å². The van der Waals surface area contributed by atoms with Gasteiger partial charge in [-0.3, -0.25) is 0 Å². The van der Waals surface area contributed by atoms with E-state index >= 15 is 0 Å². The normalized spacial score (nSPS) is 13.9. The maximum atomic E-state index is 8.87. The van der Waals surface area contributed by atoms with Crippen molar-refractivity contribution >= 4 is 0 Å². The molecule has 0 saturated heterocycles. The van der Waals surface area contributed by atoms with Crippen LogP contribution in [-0.2, 0) is 0 Å². The van der Waals surface area contributed by atoms with Crippen LogP contribution in [0.25, 0.3) is 0 Å². The van der Waals surface area contributed by atoms with Crippen LogP contribution in [0.3, 0.4) is 0 Å². The summed E-state index contributed by atoms with van der Waals surface area (Å²) in [7, 11) is 0. The van der Waals surface area contributed by atoms with Crippen molar-refractivity contribution in [3.63, 3.8) is 0 Å². The predicted molar refractivity (Wildman–Crippen MR) is 33.4 cm³/mol. The van der Waals surface area contributed by atoms with Gasteiger partial charge in [0.05, 0.1) is 6.10 Å². The molecule has 0 aromatic carbocycles. The van der Waals surface area contributed by atoms with E-state index in [1.54, 1.807) is 0 Å². The Morgan fingerprint density at radius 1 is 1.75 bits per heavy atom. The Labute approximate surface area is 49.9 Å². The van der Waals surface area contributed by atoms with Gasteiger partial charge in [0.15, 0.2) is 0 Å². The average Bonchev–Trinajstić information content (AvgIpc) is 1.83. The van der Waals surface area contributed by atoms with E-state index < -0.39 is 0 Å². The van der Waals surface area contributed by atoms with Gasteiger partial charge in [-0.05, 0) is 6.42 Å². The second-order valence-electron chi connectivity index (χ2n) is 1.72. The minimum Gasteiger partial charge on any atom is -0.392 e. The Bertz CT molecular complexity index is 49.7. The lowest BCUT2D eigenvalue weighted by Crippen LogP contribution is -2.30. The molecule has 1 unspecified atom stereocenters. The molecule has 0 aromatic rings. The lowest BCUT2D eigenvalue weighted by molar-refractivity contribution is 0.168. The molecule has 8 heavy (non-hydrogen) atoms. The van der Waals surface area contributed by atoms with E-state index in [2.05, 4.69) is 5.32 Å². The summed E-state index contributed by atoms with van der Waals surface area (Å²) in [5, 5.41) is 11.7. The SMILES string of the molecule is CCC(O)CNCN. The molecule has 0 radical (unpaired) electrons. The molecule has 0 rings (SSSR count). The number of hydrogen-bond donors (Lipinski definition) is 3. The number of nitrogens with two attached hydrogens (primary N) is 1. The van der Waals surface area contributed by atoms with Crippen LogP contribution < -0.4 is 11.1 Å². The van der Waals surface area contributed by atoms with Gasteiger partial charge in [-0.2, -0.15) is 0 Å². The zero-order chi connectivity index (χ0) is 6.41. The molecular weight excluding hydrogens is 104 g/mol. The maximum Gasteiger partial charge on any atom is 0.0662 e. The fourth-order valence-corrected chi connectivity index (χ4v) is 0.394. The molecule has 0 aliphatic heterocycles. The van der Waals surface area contributed by atoms with Gasteiger partial charge in [0, 0.05) is 13.2 Å². The highest BCUT2D eigenvalue weighted by Crippen LogP contribution is 1.84. The third-order valence-electron chi connectivity index (χ3n) is 0.996. The van der Waals surface area contributed by atoms with Crippen molar-refractivity contribution in [1.82, 2.24) is 5.32 Å². The average molecular weight is 118 g/mol. The van der Waals surface area contributed by atoms with Crippen molar-refractivity contribution in [1.29, 1.82) is 0 Å². The second kappa shape index (κ2) is 5.03. The van der Waals surface area contributed by atoms with Crippen molar-refractivity contribution in [3.8, 4) is 0 Å². The standard InChI is InChI=1S/C5H14N2O/c1-2-5(8)3-7-4-6/h5,7-8H,2-4,6H2,1H3. The molecule has 0 aliphatic rings. The molecule has 3 nitrogen and oxygen atoms in total. The maximum absolute atomic E-state index is 8.87. The second-order valence-corrected chi connectivity index (χ2v) is 1.72. The molecule has 50 valence electrons. The number of hydrogen-bond acceptors (Lipinski definition) is 3. The molecule has 0 saturated carbocycles. The third-order valence-corrected chi connectivity index (χ3v) is 0.996. The first-order chi connectivity index (χ1) is 3.81. The Balaban J connectivity index is 2.86. The zero-order valence-corrected chi connectivity index (χ0v) is 5.22. The van der Waals surface area contributed by atoms with Gasteiger partial charge in [-0.25, -0.2) is 0 Å². The summed E-state index contributed by atoms with van der Waals surface area (Å²) in [5.41, 5.74) is 5.11. The zero-order valence-electron chi connectivity index (χ0n) is 5.22. The number of nitrogens with one attached hydrogen (secondary N) is 1. The summed E-state index contributed by atoms with van der Waals surface area (Å²) in [6, 6.07) is 0. The van der Waals surface area contributed by atoms with Gasteiger partial charge in [0.1, 0.15) is 0 Å². The van der Waals surface area contributed by atoms with Crippen LogP contribution in [0.2, 0.25) is 0 Å². The molecule has 0 heterocycles. The van der Waals surface area contributed by atoms with Crippen LogP contribution in [0.5, 0.6) is 0 Å². The minimum absolute atomic E-state index is 0.237. The monoisotopic (exact) mass is 118 g/mol. The van der Waals surface area contributed by atoms with Crippen LogP contribution in [0, 0.1) is 0 Å². The predicted octanol–water partition coefficient (Wildman–Crippen LogP) is -0.737. The van der Waals surface area contributed by atoms with E-state index in [1.165, 1.54) is 0 Å². The van der Waals surface area contributed by atoms with E-state index in [-0.39, 0.29) is 6.10 Å². The molecule has 0 amide bonds. The molecule has 1 atom stereocenters. The number of aliphatic hydroxyl groups excluding tert-OH is 1.